The highest BCUT2D eigenvalue weighted by molar-refractivity contribution is 5.99. The maximum atomic E-state index is 13.3. The van der Waals surface area contributed by atoms with Crippen molar-refractivity contribution in [1.29, 1.82) is 0 Å². The Hall–Kier alpha value is -2.39. The molecule has 1 fully saturated rings. The van der Waals surface area contributed by atoms with Crippen LogP contribution >= 0.6 is 0 Å². The van der Waals surface area contributed by atoms with Crippen LogP contribution in [-0.2, 0) is 25.6 Å². The number of carbonyl (C=O) groups excluding carboxylic acids is 2. The third-order valence-corrected chi connectivity index (χ3v) is 5.80. The molecule has 0 spiro atoms. The number of methoxy groups -OCH3 is 1. The topological polar surface area (TPSA) is 106 Å². The molecule has 178 valence electrons. The molecule has 2 heterocycles. The molecule has 2 amide bonds. The highest BCUT2D eigenvalue weighted by atomic mass is 16.5. The lowest BCUT2D eigenvalue weighted by Gasteiger charge is -2.29. The van der Waals surface area contributed by atoms with Gasteiger partial charge >= 0.3 is 0 Å². The van der Waals surface area contributed by atoms with E-state index in [1.165, 1.54) is 6.08 Å². The molecular weight excluding hydrogens is 412 g/mol. The fourth-order valence-electron chi connectivity index (χ4n) is 4.43. The molecule has 2 atom stereocenters. The Morgan fingerprint density at radius 1 is 1.38 bits per heavy atom. The zero-order valence-electron chi connectivity index (χ0n) is 19.5. The van der Waals surface area contributed by atoms with Crippen molar-refractivity contribution in [2.24, 2.45) is 5.92 Å². The SMILES string of the molecule is COC[C@H](C)OC1=CC(=O)N([C@@H](CC2CCCC2)C(=O)Nc2ccn(CC(C)(C)O)n2)C1. The molecule has 2 aliphatic rings. The molecule has 1 aromatic heterocycles. The van der Waals surface area contributed by atoms with Gasteiger partial charge in [0.2, 0.25) is 5.91 Å². The largest absolute Gasteiger partial charge is 0.491 e. The Bertz CT molecular complexity index is 823. The van der Waals surface area contributed by atoms with Crippen molar-refractivity contribution in [1.82, 2.24) is 14.7 Å². The summed E-state index contributed by atoms with van der Waals surface area (Å²) in [6.07, 6.45) is 8.11. The summed E-state index contributed by atoms with van der Waals surface area (Å²) in [6.45, 7) is 6.27. The van der Waals surface area contributed by atoms with Crippen LogP contribution < -0.4 is 5.32 Å². The van der Waals surface area contributed by atoms with Crippen molar-refractivity contribution in [2.45, 2.75) is 77.2 Å². The summed E-state index contributed by atoms with van der Waals surface area (Å²) in [5.74, 6) is 0.913. The summed E-state index contributed by atoms with van der Waals surface area (Å²) in [4.78, 5) is 27.6. The normalized spacial score (nSPS) is 19.2. The fourth-order valence-corrected chi connectivity index (χ4v) is 4.43. The molecule has 3 rings (SSSR count). The van der Waals surface area contributed by atoms with Crippen molar-refractivity contribution in [3.8, 4) is 0 Å². The van der Waals surface area contributed by atoms with Crippen LogP contribution in [0, 0.1) is 5.92 Å². The van der Waals surface area contributed by atoms with Gasteiger partial charge in [0.05, 0.1) is 25.3 Å². The molecule has 9 heteroatoms. The van der Waals surface area contributed by atoms with Gasteiger partial charge in [-0.3, -0.25) is 14.3 Å². The second kappa shape index (κ2) is 10.5. The van der Waals surface area contributed by atoms with Crippen molar-refractivity contribution >= 4 is 17.6 Å². The molecule has 2 N–H and O–H groups in total. The summed E-state index contributed by atoms with van der Waals surface area (Å²) >= 11 is 0. The van der Waals surface area contributed by atoms with Gasteiger partial charge in [0.25, 0.3) is 5.91 Å². The average Bonchev–Trinajstić information content (AvgIpc) is 3.41. The van der Waals surface area contributed by atoms with Gasteiger partial charge in [-0.1, -0.05) is 25.7 Å². The maximum Gasteiger partial charge on any atom is 0.251 e. The fraction of sp³-hybridized carbons (Fsp3) is 0.696. The summed E-state index contributed by atoms with van der Waals surface area (Å²) in [7, 11) is 1.60. The zero-order chi connectivity index (χ0) is 23.3. The number of aliphatic hydroxyl groups is 1. The minimum atomic E-state index is -0.914. The van der Waals surface area contributed by atoms with E-state index in [0.29, 0.717) is 37.1 Å². The highest BCUT2D eigenvalue weighted by Crippen LogP contribution is 2.31. The molecule has 0 radical (unpaired) electrons. The minimum Gasteiger partial charge on any atom is -0.491 e. The standard InChI is InChI=1S/C23H36N4O5/c1-16(14-31-4)32-18-12-21(28)27(13-18)19(11-17-7-5-6-8-17)22(29)24-20-9-10-26(25-20)15-23(2,3)30/h9-10,12,16-17,19,30H,5-8,11,13-15H2,1-4H3,(H,24,25,29)/t16-,19-/m0/s1. The lowest BCUT2D eigenvalue weighted by Crippen LogP contribution is -2.46. The van der Waals surface area contributed by atoms with Gasteiger partial charge in [-0.15, -0.1) is 0 Å². The van der Waals surface area contributed by atoms with Crippen LogP contribution in [0.15, 0.2) is 24.1 Å². The lowest BCUT2D eigenvalue weighted by atomic mass is 9.96. The van der Waals surface area contributed by atoms with Gasteiger partial charge in [-0.25, -0.2) is 0 Å². The third kappa shape index (κ3) is 6.80. The number of amides is 2. The van der Waals surface area contributed by atoms with Gasteiger partial charge in [0, 0.05) is 25.4 Å². The molecule has 32 heavy (non-hydrogen) atoms. The molecule has 9 nitrogen and oxygen atoms in total. The van der Waals surface area contributed by atoms with Crippen LogP contribution in [0.3, 0.4) is 0 Å². The van der Waals surface area contributed by atoms with Crippen molar-refractivity contribution in [2.75, 3.05) is 25.6 Å². The van der Waals surface area contributed by atoms with Gasteiger partial charge < -0.3 is 24.8 Å². The number of nitrogens with zero attached hydrogens (tertiary/aromatic N) is 3. The summed E-state index contributed by atoms with van der Waals surface area (Å²) < 4.78 is 12.5. The van der Waals surface area contributed by atoms with Crippen LogP contribution in [0.5, 0.6) is 0 Å². The predicted octanol–water partition coefficient (Wildman–Crippen LogP) is 2.32. The lowest BCUT2D eigenvalue weighted by molar-refractivity contribution is -0.134. The number of carbonyl (C=O) groups is 2. The minimum absolute atomic E-state index is 0.180. The third-order valence-electron chi connectivity index (χ3n) is 5.80. The first-order chi connectivity index (χ1) is 15.1. The quantitative estimate of drug-likeness (QED) is 0.538. The molecule has 1 aromatic rings. The van der Waals surface area contributed by atoms with Crippen LogP contribution in [0.25, 0.3) is 0 Å². The number of nitrogens with one attached hydrogen (secondary N) is 1. The molecule has 0 saturated heterocycles. The molecule has 0 bridgehead atoms. The monoisotopic (exact) mass is 448 g/mol. The van der Waals surface area contributed by atoms with E-state index in [9.17, 15) is 14.7 Å². The van der Waals surface area contributed by atoms with Gasteiger partial charge in [-0.05, 0) is 33.1 Å². The van der Waals surface area contributed by atoms with E-state index in [2.05, 4.69) is 10.4 Å². The van der Waals surface area contributed by atoms with Crippen molar-refractivity contribution < 1.29 is 24.2 Å². The second-order valence-corrected chi connectivity index (χ2v) is 9.56. The molecule has 1 saturated carbocycles. The van der Waals surface area contributed by atoms with E-state index < -0.39 is 11.6 Å². The predicted molar refractivity (Wildman–Crippen MR) is 120 cm³/mol. The van der Waals surface area contributed by atoms with E-state index >= 15 is 0 Å². The summed E-state index contributed by atoms with van der Waals surface area (Å²) in [5.41, 5.74) is -0.914. The van der Waals surface area contributed by atoms with Crippen LogP contribution in [0.1, 0.15) is 52.9 Å². The molecule has 0 unspecified atom stereocenters. The Kier molecular flexibility index (Phi) is 7.95. The van der Waals surface area contributed by atoms with E-state index in [4.69, 9.17) is 9.47 Å². The molecule has 1 aliphatic carbocycles. The second-order valence-electron chi connectivity index (χ2n) is 9.56. The van der Waals surface area contributed by atoms with Gasteiger partial charge in [0.15, 0.2) is 5.82 Å². The Morgan fingerprint density at radius 3 is 2.75 bits per heavy atom. The summed E-state index contributed by atoms with van der Waals surface area (Å²) in [5, 5.41) is 17.2. The first-order valence-electron chi connectivity index (χ1n) is 11.4. The van der Waals surface area contributed by atoms with E-state index in [1.807, 2.05) is 6.92 Å². The number of hydrogen-bond acceptors (Lipinski definition) is 6. The van der Waals surface area contributed by atoms with Crippen molar-refractivity contribution in [3.05, 3.63) is 24.1 Å². The van der Waals surface area contributed by atoms with Crippen LogP contribution in [0.4, 0.5) is 5.82 Å². The van der Waals surface area contributed by atoms with Crippen LogP contribution in [0.2, 0.25) is 0 Å². The number of aromatic nitrogens is 2. The summed E-state index contributed by atoms with van der Waals surface area (Å²) in [6, 6.07) is 1.10. The molecule has 0 aromatic carbocycles. The van der Waals surface area contributed by atoms with Crippen molar-refractivity contribution in [3.63, 3.8) is 0 Å². The Balaban J connectivity index is 1.69. The van der Waals surface area contributed by atoms with Gasteiger partial charge in [0.1, 0.15) is 17.9 Å². The Morgan fingerprint density at radius 2 is 2.09 bits per heavy atom. The highest BCUT2D eigenvalue weighted by Gasteiger charge is 2.36. The molecular formula is C23H36N4O5. The van der Waals surface area contributed by atoms with E-state index in [0.717, 1.165) is 25.7 Å². The van der Waals surface area contributed by atoms with E-state index in [1.54, 1.807) is 42.8 Å². The number of ether oxygens (including phenoxy) is 2. The van der Waals surface area contributed by atoms with Crippen LogP contribution in [-0.4, -0.2) is 69.6 Å². The number of rotatable bonds is 11. The molecule has 1 aliphatic heterocycles. The first-order valence-corrected chi connectivity index (χ1v) is 11.4. The smallest absolute Gasteiger partial charge is 0.251 e. The average molecular weight is 449 g/mol. The van der Waals surface area contributed by atoms with E-state index in [-0.39, 0.29) is 24.5 Å². The number of hydrogen-bond donors (Lipinski definition) is 2. The van der Waals surface area contributed by atoms with Gasteiger partial charge in [-0.2, -0.15) is 5.10 Å². The maximum absolute atomic E-state index is 13.3. The zero-order valence-corrected chi connectivity index (χ0v) is 19.5. The first kappa shape index (κ1) is 24.3. The number of anilines is 1. The Labute approximate surface area is 189 Å².